The van der Waals surface area contributed by atoms with Gasteiger partial charge in [0, 0.05) is 59.9 Å². The highest BCUT2D eigenvalue weighted by Gasteiger charge is 2.53. The highest BCUT2D eigenvalue weighted by atomic mass is 35.5. The van der Waals surface area contributed by atoms with Gasteiger partial charge in [-0.1, -0.05) is 29.8 Å². The maximum absolute atomic E-state index is 6.55. The molecule has 6 rings (SSSR count). The summed E-state index contributed by atoms with van der Waals surface area (Å²) in [5, 5.41) is 9.01. The molecule has 2 atom stereocenters. The first-order valence-electron chi connectivity index (χ1n) is 11.5. The SMILES string of the molecule is Clc1cnc(NC23CCCC(N4CCNCC4)(CC2)C3)nc1-c1c[nH]c2ccccc12. The van der Waals surface area contributed by atoms with Gasteiger partial charge in [0.1, 0.15) is 0 Å². The number of halogens is 1. The molecular formula is C24H29ClN6. The number of hydrogen-bond acceptors (Lipinski definition) is 5. The van der Waals surface area contributed by atoms with Crippen molar-refractivity contribution in [2.24, 2.45) is 0 Å². The molecule has 3 heterocycles. The van der Waals surface area contributed by atoms with Crippen molar-refractivity contribution < 1.29 is 0 Å². The number of aromatic nitrogens is 3. The molecule has 6 nitrogen and oxygen atoms in total. The summed E-state index contributed by atoms with van der Waals surface area (Å²) in [5.74, 6) is 0.697. The molecule has 2 saturated carbocycles. The van der Waals surface area contributed by atoms with E-state index in [-0.39, 0.29) is 5.54 Å². The minimum absolute atomic E-state index is 0.0917. The van der Waals surface area contributed by atoms with Crippen LogP contribution < -0.4 is 10.6 Å². The first-order chi connectivity index (χ1) is 15.2. The largest absolute Gasteiger partial charge is 0.360 e. The Bertz CT molecular complexity index is 1110. The number of para-hydroxylation sites is 1. The van der Waals surface area contributed by atoms with Gasteiger partial charge in [-0.25, -0.2) is 9.97 Å². The Kier molecular flexibility index (Phi) is 4.70. The predicted octanol–water partition coefficient (Wildman–Crippen LogP) is 4.44. The predicted molar refractivity (Wildman–Crippen MR) is 126 cm³/mol. The lowest BCUT2D eigenvalue weighted by Gasteiger charge is -2.48. The molecule has 162 valence electrons. The molecule has 3 N–H and O–H groups in total. The lowest BCUT2D eigenvalue weighted by molar-refractivity contribution is 0.0503. The standard InChI is InChI=1S/C24H29ClN6/c25-19-15-28-22(29-21(19)18-14-27-20-5-2-1-4-17(18)20)30-23-6-3-7-24(16-23,9-8-23)31-12-10-26-11-13-31/h1-2,4-5,14-15,26-27H,3,6-13,16H2,(H,28,29,30). The smallest absolute Gasteiger partial charge is 0.223 e. The van der Waals surface area contributed by atoms with Gasteiger partial charge in [-0.3, -0.25) is 4.90 Å². The van der Waals surface area contributed by atoms with Gasteiger partial charge in [-0.2, -0.15) is 0 Å². The Morgan fingerprint density at radius 1 is 1.06 bits per heavy atom. The summed E-state index contributed by atoms with van der Waals surface area (Å²) in [6.45, 7) is 4.55. The van der Waals surface area contributed by atoms with Crippen LogP contribution in [0.5, 0.6) is 0 Å². The Labute approximate surface area is 187 Å². The molecule has 3 aliphatic rings. The topological polar surface area (TPSA) is 68.9 Å². The van der Waals surface area contributed by atoms with Crippen LogP contribution in [-0.4, -0.2) is 57.1 Å². The van der Waals surface area contributed by atoms with E-state index in [2.05, 4.69) is 37.6 Å². The van der Waals surface area contributed by atoms with E-state index in [0.717, 1.165) is 48.3 Å². The van der Waals surface area contributed by atoms with E-state index in [1.807, 2.05) is 18.3 Å². The third-order valence-electron chi connectivity index (χ3n) is 7.79. The molecule has 2 unspecified atom stereocenters. The molecule has 1 saturated heterocycles. The maximum Gasteiger partial charge on any atom is 0.223 e. The third-order valence-corrected chi connectivity index (χ3v) is 8.06. The highest BCUT2D eigenvalue weighted by molar-refractivity contribution is 6.33. The van der Waals surface area contributed by atoms with Gasteiger partial charge in [0.25, 0.3) is 0 Å². The van der Waals surface area contributed by atoms with Gasteiger partial charge in [0.15, 0.2) is 0 Å². The molecule has 0 spiro atoms. The van der Waals surface area contributed by atoms with Crippen molar-refractivity contribution in [3.8, 4) is 11.3 Å². The Morgan fingerprint density at radius 2 is 1.94 bits per heavy atom. The lowest BCUT2D eigenvalue weighted by Crippen LogP contribution is -2.57. The quantitative estimate of drug-likeness (QED) is 0.564. The Morgan fingerprint density at radius 3 is 2.84 bits per heavy atom. The molecule has 0 radical (unpaired) electrons. The van der Waals surface area contributed by atoms with Gasteiger partial charge in [0.05, 0.1) is 16.9 Å². The van der Waals surface area contributed by atoms with E-state index >= 15 is 0 Å². The van der Waals surface area contributed by atoms with Crippen LogP contribution in [0.15, 0.2) is 36.7 Å². The van der Waals surface area contributed by atoms with Crippen molar-refractivity contribution in [1.82, 2.24) is 25.2 Å². The lowest BCUT2D eigenvalue weighted by atomic mass is 9.77. The maximum atomic E-state index is 6.55. The van der Waals surface area contributed by atoms with Crippen LogP contribution in [-0.2, 0) is 0 Å². The zero-order valence-electron chi connectivity index (χ0n) is 17.8. The van der Waals surface area contributed by atoms with Crippen LogP contribution in [0.25, 0.3) is 22.2 Å². The number of nitrogens with one attached hydrogen (secondary N) is 3. The van der Waals surface area contributed by atoms with E-state index in [0.29, 0.717) is 16.5 Å². The van der Waals surface area contributed by atoms with Crippen molar-refractivity contribution in [2.75, 3.05) is 31.5 Å². The summed E-state index contributed by atoms with van der Waals surface area (Å²) in [6, 6.07) is 8.25. The van der Waals surface area contributed by atoms with E-state index in [4.69, 9.17) is 16.6 Å². The minimum Gasteiger partial charge on any atom is -0.360 e. The fourth-order valence-corrected chi connectivity index (χ4v) is 6.51. The summed E-state index contributed by atoms with van der Waals surface area (Å²) in [6.07, 6.45) is 11.1. The van der Waals surface area contributed by atoms with Crippen molar-refractivity contribution >= 4 is 28.5 Å². The fraction of sp³-hybridized carbons (Fsp3) is 0.500. The van der Waals surface area contributed by atoms with Crippen LogP contribution in [0.4, 0.5) is 5.95 Å². The summed E-state index contributed by atoms with van der Waals surface area (Å²) in [4.78, 5) is 15.6. The average molecular weight is 437 g/mol. The fourth-order valence-electron chi connectivity index (χ4n) is 6.32. The van der Waals surface area contributed by atoms with Crippen molar-refractivity contribution in [2.45, 2.75) is 49.6 Å². The number of benzene rings is 1. The van der Waals surface area contributed by atoms with Crippen LogP contribution in [0.3, 0.4) is 0 Å². The molecule has 2 bridgehead atoms. The molecule has 0 amide bonds. The van der Waals surface area contributed by atoms with Gasteiger partial charge in [-0.15, -0.1) is 0 Å². The zero-order valence-corrected chi connectivity index (χ0v) is 18.5. The van der Waals surface area contributed by atoms with Crippen LogP contribution in [0.2, 0.25) is 5.02 Å². The van der Waals surface area contributed by atoms with Crippen LogP contribution in [0.1, 0.15) is 38.5 Å². The van der Waals surface area contributed by atoms with Crippen molar-refractivity contribution in [3.05, 3.63) is 41.7 Å². The number of hydrogen-bond donors (Lipinski definition) is 3. The molecule has 7 heteroatoms. The second-order valence-electron chi connectivity index (χ2n) is 9.54. The Balaban J connectivity index is 1.29. The molecule has 2 aromatic heterocycles. The molecule has 2 aliphatic carbocycles. The van der Waals surface area contributed by atoms with Crippen LogP contribution in [0, 0.1) is 0 Å². The molecular weight excluding hydrogens is 408 g/mol. The first-order valence-corrected chi connectivity index (χ1v) is 11.9. The van der Waals surface area contributed by atoms with Crippen LogP contribution >= 0.6 is 11.6 Å². The second-order valence-corrected chi connectivity index (χ2v) is 9.94. The summed E-state index contributed by atoms with van der Waals surface area (Å²) in [7, 11) is 0. The number of fused-ring (bicyclic) bond motifs is 3. The first kappa shape index (κ1) is 19.5. The second kappa shape index (κ2) is 7.47. The average Bonchev–Trinajstić information content (AvgIpc) is 3.35. The molecule has 1 aliphatic heterocycles. The van der Waals surface area contributed by atoms with Gasteiger partial charge in [0.2, 0.25) is 5.95 Å². The monoisotopic (exact) mass is 436 g/mol. The van der Waals surface area contributed by atoms with Gasteiger partial charge in [-0.05, 0) is 44.6 Å². The van der Waals surface area contributed by atoms with E-state index in [1.54, 1.807) is 6.20 Å². The number of aromatic amines is 1. The van der Waals surface area contributed by atoms with E-state index < -0.39 is 0 Å². The van der Waals surface area contributed by atoms with Gasteiger partial charge < -0.3 is 15.6 Å². The van der Waals surface area contributed by atoms with Crippen molar-refractivity contribution in [1.29, 1.82) is 0 Å². The summed E-state index contributed by atoms with van der Waals surface area (Å²) >= 11 is 6.55. The molecule has 31 heavy (non-hydrogen) atoms. The minimum atomic E-state index is 0.0917. The zero-order chi connectivity index (χ0) is 20.9. The highest BCUT2D eigenvalue weighted by Crippen LogP contribution is 2.52. The summed E-state index contributed by atoms with van der Waals surface area (Å²) < 4.78 is 0. The number of H-pyrrole nitrogens is 1. The normalized spacial score (nSPS) is 28.8. The van der Waals surface area contributed by atoms with E-state index in [1.165, 1.54) is 38.5 Å². The number of rotatable bonds is 4. The summed E-state index contributed by atoms with van der Waals surface area (Å²) in [5.41, 5.74) is 3.33. The van der Waals surface area contributed by atoms with Gasteiger partial charge >= 0.3 is 0 Å². The number of anilines is 1. The number of nitrogens with zero attached hydrogens (tertiary/aromatic N) is 3. The number of piperazine rings is 1. The molecule has 1 aromatic carbocycles. The van der Waals surface area contributed by atoms with Crippen molar-refractivity contribution in [3.63, 3.8) is 0 Å². The molecule has 3 fully saturated rings. The Hall–Kier alpha value is -2.15. The third kappa shape index (κ3) is 3.32. The van der Waals surface area contributed by atoms with E-state index in [9.17, 15) is 0 Å². The molecule has 3 aromatic rings.